The second-order valence-electron chi connectivity index (χ2n) is 21.2. The van der Waals surface area contributed by atoms with E-state index in [2.05, 4.69) is 334 Å². The summed E-state index contributed by atoms with van der Waals surface area (Å²) in [6.07, 6.45) is 9.50. The maximum atomic E-state index is 2.41. The summed E-state index contributed by atoms with van der Waals surface area (Å²) in [6, 6.07) is 85.8. The number of benzene rings is 10. The normalized spacial score (nSPS) is 13.2. The van der Waals surface area contributed by atoms with Gasteiger partial charge < -0.3 is 9.47 Å². The summed E-state index contributed by atoms with van der Waals surface area (Å²) in [5, 5.41) is 5.33. The first kappa shape index (κ1) is 56.7. The third kappa shape index (κ3) is 14.0. The fourth-order valence-corrected chi connectivity index (χ4v) is 10.8. The first-order chi connectivity index (χ1) is 38.5. The average molecular weight is 1030 g/mol. The average Bonchev–Trinajstić information content (AvgIpc) is 3.88. The highest BCUT2D eigenvalue weighted by atomic mass is 15.1. The summed E-state index contributed by atoms with van der Waals surface area (Å²) in [5.41, 5.74) is 19.6. The summed E-state index contributed by atoms with van der Waals surface area (Å²) in [7, 11) is 4.28. The standard InChI is InChI=1S/C25H23N.C22H24.C14H13N.C13H12.C3H8/c1-18-10-9-15-23(26(3)21-12-5-4-6-13-21)25(18)24-19(2)16-17-20-11-7-8-14-22(20)24;1-17(19-9-5-3-6-10-19)18(2)20-13-15-22(16-14-20)21-11-7-4-8-12-21;1-10-6-5-9-13-14(10)11-7-3-4-8-12(11)15(13)2;1-11-7-9-13(10-8-11)12-5-3-2-4-6-12;1-3-2/h4-17H,1-3H3;3-13,15-18,20H,14H2,1-2H3;3-9H,1-2H3;2-10H,1H3;3H2,1-2H3. The molecule has 10 aromatic carbocycles. The molecule has 2 nitrogen and oxygen atoms in total. The minimum Gasteiger partial charge on any atom is -0.344 e. The highest BCUT2D eigenvalue weighted by molar-refractivity contribution is 6.09. The molecule has 0 fully saturated rings. The Hall–Kier alpha value is -8.46. The Labute approximate surface area is 473 Å². The molecule has 398 valence electrons. The van der Waals surface area contributed by atoms with Gasteiger partial charge >= 0.3 is 0 Å². The molecular formula is C77H80N2. The first-order valence-electron chi connectivity index (χ1n) is 28.4. The molecule has 0 spiro atoms. The maximum absolute atomic E-state index is 2.41. The van der Waals surface area contributed by atoms with E-state index >= 15 is 0 Å². The van der Waals surface area contributed by atoms with E-state index in [0.29, 0.717) is 17.8 Å². The van der Waals surface area contributed by atoms with Crippen LogP contribution in [0.1, 0.15) is 79.8 Å². The molecule has 3 unspecified atom stereocenters. The van der Waals surface area contributed by atoms with Crippen LogP contribution in [0.5, 0.6) is 0 Å². The molecule has 0 amide bonds. The third-order valence-electron chi connectivity index (χ3n) is 15.5. The highest BCUT2D eigenvalue weighted by Crippen LogP contribution is 2.42. The molecular weight excluding hydrogens is 953 g/mol. The largest absolute Gasteiger partial charge is 0.344 e. The van der Waals surface area contributed by atoms with Crippen molar-refractivity contribution in [1.29, 1.82) is 0 Å². The molecule has 1 heterocycles. The van der Waals surface area contributed by atoms with Crippen LogP contribution < -0.4 is 4.90 Å². The Morgan fingerprint density at radius 3 is 1.65 bits per heavy atom. The van der Waals surface area contributed by atoms with Gasteiger partial charge in [0.25, 0.3) is 0 Å². The van der Waals surface area contributed by atoms with Crippen molar-refractivity contribution in [3.05, 3.63) is 294 Å². The van der Waals surface area contributed by atoms with E-state index < -0.39 is 0 Å². The van der Waals surface area contributed by atoms with Crippen LogP contribution in [0.3, 0.4) is 0 Å². The van der Waals surface area contributed by atoms with Crippen molar-refractivity contribution in [2.24, 2.45) is 18.9 Å². The lowest BCUT2D eigenvalue weighted by atomic mass is 9.76. The fraction of sp³-hybridized carbons (Fsp3) is 0.195. The lowest BCUT2D eigenvalue weighted by Gasteiger charge is -2.28. The Balaban J connectivity index is 0.000000141. The van der Waals surface area contributed by atoms with Gasteiger partial charge in [0.1, 0.15) is 0 Å². The van der Waals surface area contributed by atoms with Gasteiger partial charge in [0.2, 0.25) is 0 Å². The van der Waals surface area contributed by atoms with Gasteiger partial charge in [-0.15, -0.1) is 0 Å². The summed E-state index contributed by atoms with van der Waals surface area (Å²) >= 11 is 0. The number of nitrogens with zero attached hydrogens (tertiary/aromatic N) is 2. The van der Waals surface area contributed by atoms with E-state index in [9.17, 15) is 0 Å². The third-order valence-corrected chi connectivity index (χ3v) is 15.5. The molecule has 0 radical (unpaired) electrons. The number of aryl methyl sites for hydroxylation is 5. The summed E-state index contributed by atoms with van der Waals surface area (Å²) < 4.78 is 2.26. The topological polar surface area (TPSA) is 8.17 Å². The molecule has 1 aliphatic rings. The number of fused-ring (bicyclic) bond motifs is 4. The zero-order valence-electron chi connectivity index (χ0n) is 48.4. The number of aromatic nitrogens is 1. The van der Waals surface area contributed by atoms with E-state index in [1.807, 2.05) is 6.07 Å². The molecule has 1 aromatic heterocycles. The van der Waals surface area contributed by atoms with E-state index in [1.54, 1.807) is 0 Å². The number of para-hydroxylation sites is 2. The molecule has 3 atom stereocenters. The molecule has 0 N–H and O–H groups in total. The Morgan fingerprint density at radius 1 is 0.481 bits per heavy atom. The van der Waals surface area contributed by atoms with E-state index in [0.717, 1.165) is 6.42 Å². The zero-order valence-corrected chi connectivity index (χ0v) is 48.4. The molecule has 1 aliphatic carbocycles. The molecule has 0 aliphatic heterocycles. The molecule has 12 rings (SSSR count). The van der Waals surface area contributed by atoms with Crippen LogP contribution in [0.25, 0.3) is 60.4 Å². The minimum atomic E-state index is 0.586. The predicted octanol–water partition coefficient (Wildman–Crippen LogP) is 21.7. The predicted molar refractivity (Wildman–Crippen MR) is 347 cm³/mol. The second-order valence-corrected chi connectivity index (χ2v) is 21.2. The van der Waals surface area contributed by atoms with Crippen LogP contribution in [-0.2, 0) is 7.05 Å². The highest BCUT2D eigenvalue weighted by Gasteiger charge is 2.23. The Kier molecular flexibility index (Phi) is 19.9. The Bertz CT molecular complexity index is 3720. The minimum absolute atomic E-state index is 0.586. The molecule has 79 heavy (non-hydrogen) atoms. The van der Waals surface area contributed by atoms with Crippen molar-refractivity contribution >= 4 is 49.5 Å². The van der Waals surface area contributed by atoms with Gasteiger partial charge in [-0.25, -0.2) is 0 Å². The van der Waals surface area contributed by atoms with Crippen LogP contribution in [-0.4, -0.2) is 11.6 Å². The van der Waals surface area contributed by atoms with Crippen molar-refractivity contribution in [1.82, 2.24) is 4.57 Å². The molecule has 11 aromatic rings. The van der Waals surface area contributed by atoms with Gasteiger partial charge in [-0.3, -0.25) is 0 Å². The van der Waals surface area contributed by atoms with Crippen molar-refractivity contribution in [2.75, 3.05) is 11.9 Å². The van der Waals surface area contributed by atoms with Crippen LogP contribution in [0.15, 0.2) is 261 Å². The number of anilines is 2. The summed E-state index contributed by atoms with van der Waals surface area (Å²) in [4.78, 5) is 2.28. The molecule has 2 heteroatoms. The first-order valence-corrected chi connectivity index (χ1v) is 28.4. The van der Waals surface area contributed by atoms with Gasteiger partial charge in [0.05, 0.1) is 0 Å². The van der Waals surface area contributed by atoms with Crippen molar-refractivity contribution < 1.29 is 0 Å². The Morgan fingerprint density at radius 2 is 1.00 bits per heavy atom. The molecule has 0 saturated heterocycles. The van der Waals surface area contributed by atoms with Gasteiger partial charge in [0, 0.05) is 52.8 Å². The fourth-order valence-electron chi connectivity index (χ4n) is 10.8. The second kappa shape index (κ2) is 27.7. The molecule has 0 bridgehead atoms. The van der Waals surface area contributed by atoms with Gasteiger partial charge in [0.15, 0.2) is 0 Å². The number of rotatable bonds is 8. The van der Waals surface area contributed by atoms with E-state index in [-0.39, 0.29) is 0 Å². The van der Waals surface area contributed by atoms with Crippen LogP contribution in [0.4, 0.5) is 11.4 Å². The lowest BCUT2D eigenvalue weighted by molar-refractivity contribution is 0.372. The number of hydrogen-bond donors (Lipinski definition) is 0. The van der Waals surface area contributed by atoms with Crippen LogP contribution >= 0.6 is 0 Å². The van der Waals surface area contributed by atoms with E-state index in [1.165, 1.54) is 112 Å². The summed E-state index contributed by atoms with van der Waals surface area (Å²) in [5.74, 6) is 1.86. The summed E-state index contributed by atoms with van der Waals surface area (Å²) in [6.45, 7) is 17.7. The van der Waals surface area contributed by atoms with Crippen molar-refractivity contribution in [3.63, 3.8) is 0 Å². The SMILES string of the molecule is CC(c1ccccc1)C(C)C1C=CC(c2ccccc2)=CC1.CCC.Cc1ccc(-c2ccccc2)cc1.Cc1cccc(N(C)c2ccccc2)c1-c1c(C)ccc2ccccc12.Cc1cccc2c1c1ccccc1n2C. The van der Waals surface area contributed by atoms with Crippen LogP contribution in [0, 0.1) is 39.5 Å². The van der Waals surface area contributed by atoms with Crippen molar-refractivity contribution in [2.45, 2.75) is 74.1 Å². The van der Waals surface area contributed by atoms with Gasteiger partial charge in [-0.1, -0.05) is 270 Å². The lowest BCUT2D eigenvalue weighted by Crippen LogP contribution is -2.17. The molecule has 0 saturated carbocycles. The number of hydrogen-bond acceptors (Lipinski definition) is 1. The quantitative estimate of drug-likeness (QED) is 0.147. The monoisotopic (exact) mass is 1030 g/mol. The zero-order chi connectivity index (χ0) is 55.7. The maximum Gasteiger partial charge on any atom is 0.0491 e. The van der Waals surface area contributed by atoms with Gasteiger partial charge in [-0.2, -0.15) is 0 Å². The van der Waals surface area contributed by atoms with E-state index in [4.69, 9.17) is 0 Å². The van der Waals surface area contributed by atoms with Gasteiger partial charge in [-0.05, 0) is 143 Å². The van der Waals surface area contributed by atoms with Crippen LogP contribution in [0.2, 0.25) is 0 Å². The van der Waals surface area contributed by atoms with Crippen molar-refractivity contribution in [3.8, 4) is 22.3 Å². The number of allylic oxidation sites excluding steroid dienone is 4. The smallest absolute Gasteiger partial charge is 0.0491 e.